The summed E-state index contributed by atoms with van der Waals surface area (Å²) in [6.45, 7) is 3.59. The highest BCUT2D eigenvalue weighted by atomic mass is 32.2. The van der Waals surface area contributed by atoms with Crippen molar-refractivity contribution in [2.45, 2.75) is 50.1 Å². The van der Waals surface area contributed by atoms with Gasteiger partial charge in [0.1, 0.15) is 5.75 Å². The smallest absolute Gasteiger partial charge is 0.338 e. The Morgan fingerprint density at radius 3 is 2.34 bits per heavy atom. The highest BCUT2D eigenvalue weighted by Gasteiger charge is 2.29. The number of anilines is 1. The quantitative estimate of drug-likeness (QED) is 0.635. The number of piperidine rings is 1. The normalized spacial score (nSPS) is 18.7. The number of nitrogens with one attached hydrogen (secondary N) is 1. The van der Waals surface area contributed by atoms with Crippen LogP contribution in [0.5, 0.6) is 5.75 Å². The molecule has 1 aliphatic rings. The summed E-state index contributed by atoms with van der Waals surface area (Å²) in [7, 11) is -2.41. The standard InChI is InChI=1S/C23H28N2O6S/c1-16-6-4-7-17(2)25(16)22(26)15-31-23(27)18-8-5-9-21(14-18)32(28,29)24-19-10-12-20(30-3)13-11-19/h5,8-14,16-17,24H,4,6-7,15H2,1-3H3. The molecule has 0 aliphatic carbocycles. The molecule has 2 unspecified atom stereocenters. The summed E-state index contributed by atoms with van der Waals surface area (Å²) in [5.74, 6) is -0.402. The SMILES string of the molecule is COc1ccc(NS(=O)(=O)c2cccc(C(=O)OCC(=O)N3C(C)CCCC3C)c2)cc1. The van der Waals surface area contributed by atoms with E-state index >= 15 is 0 Å². The Morgan fingerprint density at radius 2 is 1.72 bits per heavy atom. The first-order valence-corrected chi connectivity index (χ1v) is 11.9. The molecule has 9 heteroatoms. The van der Waals surface area contributed by atoms with E-state index in [1.54, 1.807) is 29.2 Å². The molecule has 172 valence electrons. The molecule has 2 aromatic rings. The van der Waals surface area contributed by atoms with Crippen LogP contribution >= 0.6 is 0 Å². The number of carbonyl (C=O) groups excluding carboxylic acids is 2. The fourth-order valence-corrected chi connectivity index (χ4v) is 4.97. The zero-order valence-electron chi connectivity index (χ0n) is 18.4. The molecule has 2 atom stereocenters. The second-order valence-corrected chi connectivity index (χ2v) is 9.55. The Labute approximate surface area is 188 Å². The molecule has 1 fully saturated rings. The van der Waals surface area contributed by atoms with Gasteiger partial charge in [-0.3, -0.25) is 9.52 Å². The molecular weight excluding hydrogens is 432 g/mol. The Balaban J connectivity index is 1.66. The van der Waals surface area contributed by atoms with E-state index in [0.717, 1.165) is 19.3 Å². The van der Waals surface area contributed by atoms with Crippen LogP contribution in [0.4, 0.5) is 5.69 Å². The van der Waals surface area contributed by atoms with Crippen molar-refractivity contribution in [3.05, 3.63) is 54.1 Å². The van der Waals surface area contributed by atoms with Crippen LogP contribution in [0.15, 0.2) is 53.4 Å². The minimum Gasteiger partial charge on any atom is -0.497 e. The second-order valence-electron chi connectivity index (χ2n) is 7.87. The van der Waals surface area contributed by atoms with E-state index in [2.05, 4.69) is 4.72 Å². The van der Waals surface area contributed by atoms with Gasteiger partial charge in [0.2, 0.25) is 0 Å². The molecule has 2 aromatic carbocycles. The number of ether oxygens (including phenoxy) is 2. The average molecular weight is 461 g/mol. The second kappa shape index (κ2) is 10.0. The van der Waals surface area contributed by atoms with Crippen molar-refractivity contribution >= 4 is 27.6 Å². The third kappa shape index (κ3) is 5.59. The molecule has 0 spiro atoms. The van der Waals surface area contributed by atoms with Gasteiger partial charge in [0.05, 0.1) is 17.6 Å². The van der Waals surface area contributed by atoms with Crippen LogP contribution in [0.25, 0.3) is 0 Å². The third-order valence-electron chi connectivity index (χ3n) is 5.53. The van der Waals surface area contributed by atoms with Crippen LogP contribution in [-0.4, -0.2) is 51.0 Å². The van der Waals surface area contributed by atoms with Gasteiger partial charge in [-0.15, -0.1) is 0 Å². The number of likely N-dealkylation sites (tertiary alicyclic amines) is 1. The first-order valence-electron chi connectivity index (χ1n) is 10.5. The van der Waals surface area contributed by atoms with Crippen LogP contribution in [-0.2, 0) is 19.6 Å². The predicted molar refractivity (Wildman–Crippen MR) is 120 cm³/mol. The lowest BCUT2D eigenvalue weighted by Gasteiger charge is -2.38. The number of sulfonamides is 1. The molecule has 8 nitrogen and oxygen atoms in total. The lowest BCUT2D eigenvalue weighted by atomic mass is 9.97. The van der Waals surface area contributed by atoms with Crippen LogP contribution < -0.4 is 9.46 Å². The van der Waals surface area contributed by atoms with Gasteiger partial charge >= 0.3 is 5.97 Å². The number of carbonyl (C=O) groups is 2. The topological polar surface area (TPSA) is 102 Å². The van der Waals surface area contributed by atoms with E-state index in [0.29, 0.717) is 11.4 Å². The van der Waals surface area contributed by atoms with E-state index < -0.39 is 16.0 Å². The summed E-state index contributed by atoms with van der Waals surface area (Å²) in [6.07, 6.45) is 2.91. The maximum absolute atomic E-state index is 12.7. The molecule has 0 bridgehead atoms. The third-order valence-corrected chi connectivity index (χ3v) is 6.91. The number of hydrogen-bond donors (Lipinski definition) is 1. The molecule has 1 saturated heterocycles. The highest BCUT2D eigenvalue weighted by molar-refractivity contribution is 7.92. The maximum atomic E-state index is 12.7. The molecule has 1 amide bonds. The lowest BCUT2D eigenvalue weighted by molar-refractivity contribution is -0.140. The van der Waals surface area contributed by atoms with Crippen LogP contribution in [0.3, 0.4) is 0 Å². The Bertz CT molecular complexity index is 1060. The van der Waals surface area contributed by atoms with Crippen LogP contribution in [0.2, 0.25) is 0 Å². The summed E-state index contributed by atoms with van der Waals surface area (Å²) in [4.78, 5) is 26.7. The molecule has 32 heavy (non-hydrogen) atoms. The summed E-state index contributed by atoms with van der Waals surface area (Å²) in [5.41, 5.74) is 0.407. The number of rotatable bonds is 7. The van der Waals surface area contributed by atoms with Gasteiger partial charge in [-0.05, 0) is 75.6 Å². The number of benzene rings is 2. The summed E-state index contributed by atoms with van der Waals surface area (Å²) in [5, 5.41) is 0. The first-order chi connectivity index (χ1) is 15.2. The molecule has 0 saturated carbocycles. The van der Waals surface area contributed by atoms with E-state index in [1.807, 2.05) is 13.8 Å². The maximum Gasteiger partial charge on any atom is 0.338 e. The summed E-state index contributed by atoms with van der Waals surface area (Å²) >= 11 is 0. The molecule has 1 aliphatic heterocycles. The Morgan fingerprint density at radius 1 is 1.06 bits per heavy atom. The average Bonchev–Trinajstić information content (AvgIpc) is 2.77. The van der Waals surface area contributed by atoms with Crippen molar-refractivity contribution in [2.75, 3.05) is 18.4 Å². The number of esters is 1. The zero-order valence-corrected chi connectivity index (χ0v) is 19.2. The largest absolute Gasteiger partial charge is 0.497 e. The predicted octanol–water partition coefficient (Wildman–Crippen LogP) is 3.44. The fraction of sp³-hybridized carbons (Fsp3) is 0.391. The Kier molecular flexibility index (Phi) is 7.40. The monoisotopic (exact) mass is 460 g/mol. The van der Waals surface area contributed by atoms with Gasteiger partial charge in [-0.2, -0.15) is 0 Å². The molecule has 1 N–H and O–H groups in total. The van der Waals surface area contributed by atoms with Crippen molar-refractivity contribution < 1.29 is 27.5 Å². The number of hydrogen-bond acceptors (Lipinski definition) is 6. The van der Waals surface area contributed by atoms with E-state index in [-0.39, 0.29) is 35.1 Å². The highest BCUT2D eigenvalue weighted by Crippen LogP contribution is 2.23. The van der Waals surface area contributed by atoms with Crippen molar-refractivity contribution in [3.63, 3.8) is 0 Å². The van der Waals surface area contributed by atoms with Gasteiger partial charge in [-0.25, -0.2) is 13.2 Å². The molecule has 1 heterocycles. The number of nitrogens with zero attached hydrogens (tertiary/aromatic N) is 1. The fourth-order valence-electron chi connectivity index (χ4n) is 3.86. The number of amides is 1. The van der Waals surface area contributed by atoms with Crippen molar-refractivity contribution in [1.82, 2.24) is 4.90 Å². The van der Waals surface area contributed by atoms with Gasteiger partial charge in [0, 0.05) is 17.8 Å². The molecule has 3 rings (SSSR count). The van der Waals surface area contributed by atoms with Gasteiger partial charge in [0.25, 0.3) is 15.9 Å². The summed E-state index contributed by atoms with van der Waals surface area (Å²) < 4.78 is 38.2. The van der Waals surface area contributed by atoms with E-state index in [9.17, 15) is 18.0 Å². The van der Waals surface area contributed by atoms with Crippen LogP contribution in [0, 0.1) is 0 Å². The molecule has 0 aromatic heterocycles. The molecule has 0 radical (unpaired) electrons. The first kappa shape index (κ1) is 23.6. The van der Waals surface area contributed by atoms with E-state index in [4.69, 9.17) is 9.47 Å². The molecular formula is C23H28N2O6S. The van der Waals surface area contributed by atoms with Gasteiger partial charge < -0.3 is 14.4 Å². The zero-order chi connectivity index (χ0) is 23.3. The van der Waals surface area contributed by atoms with E-state index in [1.165, 1.54) is 31.4 Å². The minimum absolute atomic E-state index is 0.0511. The van der Waals surface area contributed by atoms with Crippen molar-refractivity contribution in [2.24, 2.45) is 0 Å². The van der Waals surface area contributed by atoms with Crippen molar-refractivity contribution in [1.29, 1.82) is 0 Å². The minimum atomic E-state index is -3.93. The van der Waals surface area contributed by atoms with Crippen LogP contribution in [0.1, 0.15) is 43.5 Å². The van der Waals surface area contributed by atoms with Crippen molar-refractivity contribution in [3.8, 4) is 5.75 Å². The number of methoxy groups -OCH3 is 1. The van der Waals surface area contributed by atoms with Gasteiger partial charge in [-0.1, -0.05) is 6.07 Å². The lowest BCUT2D eigenvalue weighted by Crippen LogP contribution is -2.49. The summed E-state index contributed by atoms with van der Waals surface area (Å²) in [6, 6.07) is 12.1. The Hall–Kier alpha value is -3.07. The van der Waals surface area contributed by atoms with Gasteiger partial charge in [0.15, 0.2) is 6.61 Å².